The van der Waals surface area contributed by atoms with Gasteiger partial charge in [-0.3, -0.25) is 14.4 Å². The van der Waals surface area contributed by atoms with E-state index in [9.17, 15) is 18.8 Å². The fourth-order valence-corrected chi connectivity index (χ4v) is 5.43. The lowest BCUT2D eigenvalue weighted by Gasteiger charge is -2.28. The normalized spacial score (nSPS) is 17.0. The third kappa shape index (κ3) is 7.70. The Kier molecular flexibility index (Phi) is 9.70. The molecule has 12 heteroatoms. The van der Waals surface area contributed by atoms with Crippen molar-refractivity contribution in [3.05, 3.63) is 78.1 Å². The van der Waals surface area contributed by atoms with Crippen molar-refractivity contribution in [3.63, 3.8) is 0 Å². The standard InChI is InChI=1S/C32H35FN8O3/c1-19(42)35-28-15-12-25(17-27(28)33)22-6-2-20(3-7-22)16-29(37-31(43)24-8-4-21(18-34)5-9-24)32(44)36-26-13-10-23(11-14-26)30-38-40-41-39-30/h2-3,6-7,10-15,17,21,24,29H,4-5,8-9,16,18,34H2,1H3,(H,35,42)(H,36,44)(H,37,43)(H,38,39,40,41)/t21-,24-,29-/m0/s1. The average molecular weight is 599 g/mol. The summed E-state index contributed by atoms with van der Waals surface area (Å²) in [7, 11) is 0. The van der Waals surface area contributed by atoms with E-state index in [4.69, 9.17) is 5.73 Å². The topological polar surface area (TPSA) is 168 Å². The molecule has 0 unspecified atom stereocenters. The first-order valence-electron chi connectivity index (χ1n) is 14.6. The van der Waals surface area contributed by atoms with E-state index in [1.165, 1.54) is 19.1 Å². The Morgan fingerprint density at radius 3 is 2.23 bits per heavy atom. The zero-order valence-corrected chi connectivity index (χ0v) is 24.3. The van der Waals surface area contributed by atoms with Crippen LogP contribution in [0, 0.1) is 17.7 Å². The molecular formula is C32H35FN8O3. The number of aromatic nitrogens is 4. The van der Waals surface area contributed by atoms with Crippen molar-refractivity contribution in [1.82, 2.24) is 25.9 Å². The summed E-state index contributed by atoms with van der Waals surface area (Å²) < 4.78 is 14.5. The number of nitrogens with one attached hydrogen (secondary N) is 4. The van der Waals surface area contributed by atoms with Gasteiger partial charge in [-0.25, -0.2) is 4.39 Å². The number of carbonyl (C=O) groups excluding carboxylic acids is 3. The van der Waals surface area contributed by atoms with E-state index in [-0.39, 0.29) is 35.7 Å². The Morgan fingerprint density at radius 1 is 0.932 bits per heavy atom. The first kappa shape index (κ1) is 30.5. The van der Waals surface area contributed by atoms with Crippen molar-refractivity contribution in [2.45, 2.75) is 45.1 Å². The molecule has 0 radical (unpaired) electrons. The van der Waals surface area contributed by atoms with Crippen LogP contribution in [0.3, 0.4) is 0 Å². The van der Waals surface area contributed by atoms with E-state index in [1.807, 2.05) is 24.3 Å². The van der Waals surface area contributed by atoms with Crippen molar-refractivity contribution in [2.24, 2.45) is 17.6 Å². The minimum absolute atomic E-state index is 0.114. The van der Waals surface area contributed by atoms with E-state index in [1.54, 1.807) is 30.3 Å². The van der Waals surface area contributed by atoms with Gasteiger partial charge in [-0.15, -0.1) is 10.2 Å². The van der Waals surface area contributed by atoms with E-state index < -0.39 is 11.9 Å². The molecule has 11 nitrogen and oxygen atoms in total. The highest BCUT2D eigenvalue weighted by Crippen LogP contribution is 2.29. The summed E-state index contributed by atoms with van der Waals surface area (Å²) in [5, 5.41) is 22.3. The van der Waals surface area contributed by atoms with Crippen LogP contribution >= 0.6 is 0 Å². The molecule has 0 aliphatic heterocycles. The molecule has 0 saturated heterocycles. The van der Waals surface area contributed by atoms with Gasteiger partial charge in [0, 0.05) is 30.5 Å². The number of halogens is 1. The number of hydrogen-bond acceptors (Lipinski definition) is 7. The molecule has 3 aromatic carbocycles. The Morgan fingerprint density at radius 2 is 1.61 bits per heavy atom. The van der Waals surface area contributed by atoms with Crippen molar-refractivity contribution in [1.29, 1.82) is 0 Å². The first-order valence-corrected chi connectivity index (χ1v) is 14.6. The quantitative estimate of drug-likeness (QED) is 0.183. The summed E-state index contributed by atoms with van der Waals surface area (Å²) in [5.41, 5.74) is 9.47. The zero-order chi connectivity index (χ0) is 31.1. The molecule has 1 heterocycles. The third-order valence-electron chi connectivity index (χ3n) is 7.95. The predicted molar refractivity (Wildman–Crippen MR) is 165 cm³/mol. The number of anilines is 2. The maximum atomic E-state index is 14.5. The van der Waals surface area contributed by atoms with Crippen LogP contribution < -0.4 is 21.7 Å². The Balaban J connectivity index is 1.30. The van der Waals surface area contributed by atoms with Crippen molar-refractivity contribution >= 4 is 29.1 Å². The monoisotopic (exact) mass is 598 g/mol. The van der Waals surface area contributed by atoms with Crippen LogP contribution in [0.25, 0.3) is 22.5 Å². The third-order valence-corrected chi connectivity index (χ3v) is 7.95. The van der Waals surface area contributed by atoms with Crippen LogP contribution in [-0.2, 0) is 20.8 Å². The molecule has 1 saturated carbocycles. The number of amides is 3. The van der Waals surface area contributed by atoms with Crippen LogP contribution in [0.1, 0.15) is 38.2 Å². The van der Waals surface area contributed by atoms with Crippen molar-refractivity contribution < 1.29 is 18.8 Å². The molecule has 0 bridgehead atoms. The van der Waals surface area contributed by atoms with Gasteiger partial charge in [0.1, 0.15) is 11.9 Å². The molecule has 1 aliphatic rings. The summed E-state index contributed by atoms with van der Waals surface area (Å²) in [6, 6.07) is 18.2. The molecule has 1 aliphatic carbocycles. The molecule has 0 spiro atoms. The zero-order valence-electron chi connectivity index (χ0n) is 24.3. The van der Waals surface area contributed by atoms with Gasteiger partial charge in [0.2, 0.25) is 23.5 Å². The average Bonchev–Trinajstić information content (AvgIpc) is 3.57. The fourth-order valence-electron chi connectivity index (χ4n) is 5.43. The van der Waals surface area contributed by atoms with Crippen molar-refractivity contribution in [3.8, 4) is 22.5 Å². The molecule has 5 rings (SSSR count). The second-order valence-corrected chi connectivity index (χ2v) is 11.1. The smallest absolute Gasteiger partial charge is 0.247 e. The van der Waals surface area contributed by atoms with Crippen LogP contribution in [-0.4, -0.2) is 50.9 Å². The number of H-pyrrole nitrogens is 1. The number of carbonyl (C=O) groups is 3. The van der Waals surface area contributed by atoms with Crippen LogP contribution in [0.15, 0.2) is 66.7 Å². The largest absolute Gasteiger partial charge is 0.344 e. The minimum atomic E-state index is -0.827. The van der Waals surface area contributed by atoms with E-state index in [2.05, 4.69) is 36.6 Å². The predicted octanol–water partition coefficient (Wildman–Crippen LogP) is 4.06. The summed E-state index contributed by atoms with van der Waals surface area (Å²) in [5.74, 6) is -0.669. The molecule has 1 aromatic heterocycles. The number of tetrazole rings is 1. The second-order valence-electron chi connectivity index (χ2n) is 11.1. The lowest BCUT2D eigenvalue weighted by Crippen LogP contribution is -2.48. The van der Waals surface area contributed by atoms with Gasteiger partial charge in [0.25, 0.3) is 0 Å². The molecule has 228 valence electrons. The molecule has 3 amide bonds. The summed E-state index contributed by atoms with van der Waals surface area (Å²) in [6.45, 7) is 1.94. The highest BCUT2D eigenvalue weighted by molar-refractivity contribution is 5.97. The molecule has 1 atom stereocenters. The van der Waals surface area contributed by atoms with Gasteiger partial charge in [0.05, 0.1) is 5.69 Å². The van der Waals surface area contributed by atoms with E-state index in [0.29, 0.717) is 29.5 Å². The molecular weight excluding hydrogens is 563 g/mol. The number of nitrogens with two attached hydrogens (primary N) is 1. The maximum Gasteiger partial charge on any atom is 0.247 e. The number of benzene rings is 3. The number of rotatable bonds is 10. The van der Waals surface area contributed by atoms with Gasteiger partial charge >= 0.3 is 0 Å². The van der Waals surface area contributed by atoms with Crippen LogP contribution in [0.5, 0.6) is 0 Å². The molecule has 1 fully saturated rings. The van der Waals surface area contributed by atoms with Gasteiger partial charge in [-0.05, 0) is 96.4 Å². The summed E-state index contributed by atoms with van der Waals surface area (Å²) in [6.07, 6.45) is 3.53. The number of hydrogen-bond donors (Lipinski definition) is 5. The number of nitrogens with zero attached hydrogens (tertiary/aromatic N) is 3. The first-order chi connectivity index (χ1) is 21.3. The number of aromatic amines is 1. The SMILES string of the molecule is CC(=O)Nc1ccc(-c2ccc(C[C@H](NC(=O)[C@H]3CC[C@H](CN)CC3)C(=O)Nc3ccc(-c4nn[nH]n4)cc3)cc2)cc1F. The highest BCUT2D eigenvalue weighted by Gasteiger charge is 2.29. The summed E-state index contributed by atoms with van der Waals surface area (Å²) >= 11 is 0. The van der Waals surface area contributed by atoms with Gasteiger partial charge < -0.3 is 21.7 Å². The Bertz CT molecular complexity index is 1580. The molecule has 4 aromatic rings. The molecule has 44 heavy (non-hydrogen) atoms. The highest BCUT2D eigenvalue weighted by atomic mass is 19.1. The minimum Gasteiger partial charge on any atom is -0.344 e. The second kappa shape index (κ2) is 14.0. The Hall–Kier alpha value is -4.97. The summed E-state index contributed by atoms with van der Waals surface area (Å²) in [4.78, 5) is 38.1. The van der Waals surface area contributed by atoms with E-state index in [0.717, 1.165) is 42.4 Å². The van der Waals surface area contributed by atoms with Gasteiger partial charge in [-0.2, -0.15) is 5.21 Å². The maximum absolute atomic E-state index is 14.5. The van der Waals surface area contributed by atoms with Crippen LogP contribution in [0.2, 0.25) is 0 Å². The fraction of sp³-hybridized carbons (Fsp3) is 0.312. The lowest BCUT2D eigenvalue weighted by atomic mass is 9.81. The van der Waals surface area contributed by atoms with Crippen LogP contribution in [0.4, 0.5) is 15.8 Å². The lowest BCUT2D eigenvalue weighted by molar-refractivity contribution is -0.130. The van der Waals surface area contributed by atoms with E-state index >= 15 is 0 Å². The molecule has 6 N–H and O–H groups in total. The van der Waals surface area contributed by atoms with Gasteiger partial charge in [-0.1, -0.05) is 30.3 Å². The Labute approximate surface area is 254 Å². The van der Waals surface area contributed by atoms with Gasteiger partial charge in [0.15, 0.2) is 0 Å². The van der Waals surface area contributed by atoms with Crippen molar-refractivity contribution in [2.75, 3.05) is 17.2 Å².